The van der Waals surface area contributed by atoms with Gasteiger partial charge >= 0.3 is 5.97 Å². The highest BCUT2D eigenvalue weighted by Crippen LogP contribution is 2.34. The lowest BCUT2D eigenvalue weighted by molar-refractivity contribution is 0.0526. The summed E-state index contributed by atoms with van der Waals surface area (Å²) in [5, 5.41) is 10.9. The Kier molecular flexibility index (Phi) is 6.32. The van der Waals surface area contributed by atoms with Gasteiger partial charge in [-0.05, 0) is 43.3 Å². The Labute approximate surface area is 189 Å². The zero-order valence-corrected chi connectivity index (χ0v) is 18.2. The monoisotopic (exact) mass is 449 g/mol. The number of anilines is 2. The van der Waals surface area contributed by atoms with Gasteiger partial charge in [0.05, 0.1) is 30.0 Å². The molecule has 0 aliphatic heterocycles. The van der Waals surface area contributed by atoms with Crippen molar-refractivity contribution in [3.05, 3.63) is 71.5 Å². The van der Waals surface area contributed by atoms with Gasteiger partial charge in [0.1, 0.15) is 11.4 Å². The first-order valence-corrected chi connectivity index (χ1v) is 10.2. The van der Waals surface area contributed by atoms with Gasteiger partial charge in [-0.15, -0.1) is 0 Å². The summed E-state index contributed by atoms with van der Waals surface area (Å²) in [5.41, 5.74) is 4.11. The standard InChI is InChI=1S/C23H20ClN5O3/c1-3-32-22(30)15-5-4-6-16(11-15)27-23-25-10-9-19(28-23)17-13-26-29-21(17)14-7-8-18(24)20(12-14)31-2/h4-13H,3H2,1-2H3,(H,26,29)(H,25,27,28). The van der Waals surface area contributed by atoms with Gasteiger partial charge in [0.25, 0.3) is 0 Å². The lowest BCUT2D eigenvalue weighted by Crippen LogP contribution is -2.05. The topological polar surface area (TPSA) is 102 Å². The van der Waals surface area contributed by atoms with Gasteiger partial charge in [-0.1, -0.05) is 23.7 Å². The van der Waals surface area contributed by atoms with Crippen LogP contribution < -0.4 is 10.1 Å². The summed E-state index contributed by atoms with van der Waals surface area (Å²) in [6.07, 6.45) is 3.42. The summed E-state index contributed by atoms with van der Waals surface area (Å²) < 4.78 is 10.4. The number of H-pyrrole nitrogens is 1. The number of carbonyl (C=O) groups is 1. The van der Waals surface area contributed by atoms with Crippen LogP contribution in [0.5, 0.6) is 5.75 Å². The third-order valence-electron chi connectivity index (χ3n) is 4.63. The normalized spacial score (nSPS) is 10.6. The number of halogens is 1. The molecule has 0 amide bonds. The molecule has 4 rings (SSSR count). The molecule has 0 saturated heterocycles. The first kappa shape index (κ1) is 21.3. The predicted octanol–water partition coefficient (Wildman–Crippen LogP) is 5.12. The number of benzene rings is 2. The zero-order valence-electron chi connectivity index (χ0n) is 17.4. The number of hydrogen-bond donors (Lipinski definition) is 2. The van der Waals surface area contributed by atoms with Crippen molar-refractivity contribution in [2.45, 2.75) is 6.92 Å². The molecule has 9 heteroatoms. The fraction of sp³-hybridized carbons (Fsp3) is 0.130. The maximum absolute atomic E-state index is 12.0. The van der Waals surface area contributed by atoms with Crippen LogP contribution >= 0.6 is 11.6 Å². The number of hydrogen-bond acceptors (Lipinski definition) is 7. The number of nitrogens with one attached hydrogen (secondary N) is 2. The van der Waals surface area contributed by atoms with E-state index >= 15 is 0 Å². The fourth-order valence-electron chi connectivity index (χ4n) is 3.15. The molecule has 0 bridgehead atoms. The second-order valence-electron chi connectivity index (χ2n) is 6.69. The molecule has 2 aromatic carbocycles. The molecule has 4 aromatic rings. The second-order valence-corrected chi connectivity index (χ2v) is 7.10. The van der Waals surface area contributed by atoms with Crippen molar-refractivity contribution >= 4 is 29.2 Å². The molecule has 0 atom stereocenters. The molecule has 162 valence electrons. The average molecular weight is 450 g/mol. The first-order valence-electron chi connectivity index (χ1n) is 9.84. The smallest absolute Gasteiger partial charge is 0.338 e. The van der Waals surface area contributed by atoms with E-state index in [0.29, 0.717) is 46.0 Å². The number of aromatic nitrogens is 4. The van der Waals surface area contributed by atoms with E-state index in [1.165, 1.54) is 0 Å². The molecule has 32 heavy (non-hydrogen) atoms. The maximum Gasteiger partial charge on any atom is 0.338 e. The van der Waals surface area contributed by atoms with Gasteiger partial charge in [-0.25, -0.2) is 14.8 Å². The van der Waals surface area contributed by atoms with Crippen LogP contribution in [-0.4, -0.2) is 39.9 Å². The lowest BCUT2D eigenvalue weighted by atomic mass is 10.1. The number of carbonyl (C=O) groups excluding carboxylic acids is 1. The number of methoxy groups -OCH3 is 1. The minimum atomic E-state index is -0.382. The van der Waals surface area contributed by atoms with Crippen molar-refractivity contribution in [2.75, 3.05) is 19.0 Å². The van der Waals surface area contributed by atoms with Crippen LogP contribution in [0.1, 0.15) is 17.3 Å². The Balaban J connectivity index is 1.62. The summed E-state index contributed by atoms with van der Waals surface area (Å²) in [4.78, 5) is 20.9. The van der Waals surface area contributed by atoms with E-state index in [-0.39, 0.29) is 5.97 Å². The SMILES string of the molecule is CCOC(=O)c1cccc(Nc2nccc(-c3c[nH]nc3-c3ccc(Cl)c(OC)c3)n2)c1. The molecule has 0 aliphatic carbocycles. The molecule has 0 fully saturated rings. The number of ether oxygens (including phenoxy) is 2. The van der Waals surface area contributed by atoms with Crippen LogP contribution in [0.4, 0.5) is 11.6 Å². The van der Waals surface area contributed by atoms with Gasteiger partial charge in [-0.3, -0.25) is 5.10 Å². The van der Waals surface area contributed by atoms with Crippen molar-refractivity contribution < 1.29 is 14.3 Å². The number of aromatic amines is 1. The molecule has 8 nitrogen and oxygen atoms in total. The number of esters is 1. The van der Waals surface area contributed by atoms with Crippen LogP contribution in [0.2, 0.25) is 5.02 Å². The van der Waals surface area contributed by atoms with Crippen molar-refractivity contribution in [1.82, 2.24) is 20.2 Å². The summed E-state index contributed by atoms with van der Waals surface area (Å²) in [6, 6.07) is 14.2. The zero-order chi connectivity index (χ0) is 22.5. The van der Waals surface area contributed by atoms with Gasteiger partial charge in [0.2, 0.25) is 5.95 Å². The molecule has 2 aromatic heterocycles. The molecule has 0 saturated carbocycles. The fourth-order valence-corrected chi connectivity index (χ4v) is 3.34. The third kappa shape index (κ3) is 4.55. The van der Waals surface area contributed by atoms with Gasteiger partial charge in [-0.2, -0.15) is 5.10 Å². The highest BCUT2D eigenvalue weighted by atomic mass is 35.5. The molecule has 0 unspecified atom stereocenters. The van der Waals surface area contributed by atoms with E-state index in [9.17, 15) is 4.79 Å². The average Bonchev–Trinajstić information content (AvgIpc) is 3.30. The summed E-state index contributed by atoms with van der Waals surface area (Å²) >= 11 is 6.15. The van der Waals surface area contributed by atoms with Crippen LogP contribution in [-0.2, 0) is 4.74 Å². The van der Waals surface area contributed by atoms with Gasteiger partial charge in [0.15, 0.2) is 0 Å². The van der Waals surface area contributed by atoms with E-state index in [0.717, 1.165) is 11.1 Å². The highest BCUT2D eigenvalue weighted by Gasteiger charge is 2.15. The largest absolute Gasteiger partial charge is 0.495 e. The van der Waals surface area contributed by atoms with E-state index in [2.05, 4.69) is 25.5 Å². The van der Waals surface area contributed by atoms with E-state index in [4.69, 9.17) is 21.1 Å². The lowest BCUT2D eigenvalue weighted by Gasteiger charge is -2.09. The van der Waals surface area contributed by atoms with Crippen molar-refractivity contribution in [3.8, 4) is 28.3 Å². The molecule has 0 spiro atoms. The van der Waals surface area contributed by atoms with Crippen LogP contribution in [0, 0.1) is 0 Å². The van der Waals surface area contributed by atoms with Crippen LogP contribution in [0.25, 0.3) is 22.5 Å². The third-order valence-corrected chi connectivity index (χ3v) is 4.94. The van der Waals surface area contributed by atoms with Crippen molar-refractivity contribution in [1.29, 1.82) is 0 Å². The number of nitrogens with zero attached hydrogens (tertiary/aromatic N) is 3. The van der Waals surface area contributed by atoms with E-state index in [1.54, 1.807) is 56.8 Å². The molecule has 2 N–H and O–H groups in total. The van der Waals surface area contributed by atoms with Crippen molar-refractivity contribution in [3.63, 3.8) is 0 Å². The van der Waals surface area contributed by atoms with E-state index < -0.39 is 0 Å². The molecule has 0 aliphatic rings. The Bertz CT molecular complexity index is 1260. The highest BCUT2D eigenvalue weighted by molar-refractivity contribution is 6.32. The second kappa shape index (κ2) is 9.49. The van der Waals surface area contributed by atoms with Crippen LogP contribution in [0.15, 0.2) is 60.9 Å². The number of rotatable bonds is 7. The summed E-state index contributed by atoms with van der Waals surface area (Å²) in [7, 11) is 1.57. The van der Waals surface area contributed by atoms with Crippen LogP contribution in [0.3, 0.4) is 0 Å². The Morgan fingerprint density at radius 3 is 2.88 bits per heavy atom. The molecule has 0 radical (unpaired) electrons. The molecule has 2 heterocycles. The predicted molar refractivity (Wildman–Crippen MR) is 122 cm³/mol. The minimum Gasteiger partial charge on any atom is -0.495 e. The van der Waals surface area contributed by atoms with Gasteiger partial charge < -0.3 is 14.8 Å². The Morgan fingerprint density at radius 1 is 1.19 bits per heavy atom. The Hall–Kier alpha value is -3.91. The maximum atomic E-state index is 12.0. The van der Waals surface area contributed by atoms with Crippen molar-refractivity contribution in [2.24, 2.45) is 0 Å². The first-order chi connectivity index (χ1) is 15.6. The Morgan fingerprint density at radius 2 is 2.06 bits per heavy atom. The minimum absolute atomic E-state index is 0.314. The molecular formula is C23H20ClN5O3. The summed E-state index contributed by atoms with van der Waals surface area (Å²) in [6.45, 7) is 2.08. The van der Waals surface area contributed by atoms with Gasteiger partial charge in [0, 0.05) is 29.2 Å². The summed E-state index contributed by atoms with van der Waals surface area (Å²) in [5.74, 6) is 0.557. The van der Waals surface area contributed by atoms with E-state index in [1.807, 2.05) is 18.2 Å². The molecular weight excluding hydrogens is 430 g/mol. The quantitative estimate of drug-likeness (QED) is 0.377.